The summed E-state index contributed by atoms with van der Waals surface area (Å²) in [6, 6.07) is 3.00. The van der Waals surface area contributed by atoms with Gasteiger partial charge in [0.2, 0.25) is 0 Å². The molecule has 118 valence electrons. The lowest BCUT2D eigenvalue weighted by Gasteiger charge is -2.18. The summed E-state index contributed by atoms with van der Waals surface area (Å²) in [5, 5.41) is 0.635. The molecule has 0 aromatic heterocycles. The standard InChI is InChI=1S/C12H16Cl2N2O4S/c1-8-6-10(14)11(7-9(8)13)15-21(18,19)16(2)5-4-12(17)20-3/h6-7,15H,4-5H2,1-3H3. The van der Waals surface area contributed by atoms with Gasteiger partial charge >= 0.3 is 16.2 Å². The predicted molar refractivity (Wildman–Crippen MR) is 83.0 cm³/mol. The minimum atomic E-state index is -3.84. The molecule has 0 aliphatic rings. The SMILES string of the molecule is COC(=O)CCN(C)S(=O)(=O)Nc1cc(Cl)c(C)cc1Cl. The maximum Gasteiger partial charge on any atom is 0.306 e. The molecule has 1 aromatic rings. The number of hydrogen-bond acceptors (Lipinski definition) is 4. The van der Waals surface area contributed by atoms with Crippen LogP contribution in [0.25, 0.3) is 0 Å². The average molecular weight is 355 g/mol. The van der Waals surface area contributed by atoms with Crippen LogP contribution in [-0.4, -0.2) is 39.4 Å². The van der Waals surface area contributed by atoms with Crippen LogP contribution in [-0.2, 0) is 19.7 Å². The van der Waals surface area contributed by atoms with E-state index in [2.05, 4.69) is 9.46 Å². The third-order valence-corrected chi connectivity index (χ3v) is 4.96. The summed E-state index contributed by atoms with van der Waals surface area (Å²) >= 11 is 11.9. The van der Waals surface area contributed by atoms with E-state index in [-0.39, 0.29) is 23.7 Å². The molecule has 0 fully saturated rings. The summed E-state index contributed by atoms with van der Waals surface area (Å²) in [7, 11) is -1.26. The van der Waals surface area contributed by atoms with Crippen LogP contribution < -0.4 is 4.72 Å². The molecule has 0 bridgehead atoms. The molecule has 0 radical (unpaired) electrons. The Bertz CT molecular complexity index is 634. The van der Waals surface area contributed by atoms with Crippen LogP contribution in [0, 0.1) is 6.92 Å². The lowest BCUT2D eigenvalue weighted by atomic mass is 10.2. The number of carbonyl (C=O) groups excluding carboxylic acids is 1. The Kier molecular flexibility index (Phi) is 6.27. The van der Waals surface area contributed by atoms with Crippen molar-refractivity contribution in [3.63, 3.8) is 0 Å². The van der Waals surface area contributed by atoms with Crippen molar-refractivity contribution in [2.75, 3.05) is 25.4 Å². The number of ether oxygens (including phenoxy) is 1. The normalized spacial score (nSPS) is 11.5. The van der Waals surface area contributed by atoms with Crippen LogP contribution >= 0.6 is 23.2 Å². The van der Waals surface area contributed by atoms with Crippen LogP contribution in [0.15, 0.2) is 12.1 Å². The van der Waals surface area contributed by atoms with Crippen molar-refractivity contribution >= 4 is 45.1 Å². The Balaban J connectivity index is 2.85. The molecule has 0 amide bonds. The van der Waals surface area contributed by atoms with E-state index < -0.39 is 16.2 Å². The van der Waals surface area contributed by atoms with E-state index in [0.717, 1.165) is 9.87 Å². The van der Waals surface area contributed by atoms with Gasteiger partial charge in [0.15, 0.2) is 0 Å². The van der Waals surface area contributed by atoms with Crippen LogP contribution in [0.2, 0.25) is 10.0 Å². The number of methoxy groups -OCH3 is 1. The van der Waals surface area contributed by atoms with Crippen LogP contribution in [0.4, 0.5) is 5.69 Å². The van der Waals surface area contributed by atoms with Gasteiger partial charge in [-0.2, -0.15) is 12.7 Å². The number of rotatable bonds is 6. The molecule has 0 heterocycles. The van der Waals surface area contributed by atoms with Crippen LogP contribution in [0.1, 0.15) is 12.0 Å². The van der Waals surface area contributed by atoms with E-state index in [1.54, 1.807) is 13.0 Å². The van der Waals surface area contributed by atoms with E-state index >= 15 is 0 Å². The second-order valence-electron chi connectivity index (χ2n) is 4.34. The first kappa shape index (κ1) is 18.0. The molecular weight excluding hydrogens is 339 g/mol. The van der Waals surface area contributed by atoms with Gasteiger partial charge in [-0.15, -0.1) is 0 Å². The van der Waals surface area contributed by atoms with Gasteiger partial charge in [-0.05, 0) is 24.6 Å². The third kappa shape index (κ3) is 5.03. The molecule has 0 saturated carbocycles. The zero-order valence-electron chi connectivity index (χ0n) is 11.8. The summed E-state index contributed by atoms with van der Waals surface area (Å²) in [6.45, 7) is 1.74. The summed E-state index contributed by atoms with van der Waals surface area (Å²) in [5.41, 5.74) is 0.917. The highest BCUT2D eigenvalue weighted by Gasteiger charge is 2.20. The number of aryl methyl sites for hydroxylation is 1. The van der Waals surface area contributed by atoms with Gasteiger partial charge < -0.3 is 4.74 Å². The first-order chi connectivity index (χ1) is 9.67. The van der Waals surface area contributed by atoms with Crippen molar-refractivity contribution in [2.24, 2.45) is 0 Å². The quantitative estimate of drug-likeness (QED) is 0.796. The molecule has 21 heavy (non-hydrogen) atoms. The maximum absolute atomic E-state index is 12.1. The van der Waals surface area contributed by atoms with Gasteiger partial charge in [0.1, 0.15) is 0 Å². The van der Waals surface area contributed by atoms with E-state index in [1.807, 2.05) is 0 Å². The van der Waals surface area contributed by atoms with Crippen molar-refractivity contribution in [2.45, 2.75) is 13.3 Å². The highest BCUT2D eigenvalue weighted by molar-refractivity contribution is 7.90. The highest BCUT2D eigenvalue weighted by atomic mass is 35.5. The number of carbonyl (C=O) groups is 1. The molecule has 0 aliphatic heterocycles. The number of nitrogens with zero attached hydrogens (tertiary/aromatic N) is 1. The van der Waals surface area contributed by atoms with Crippen molar-refractivity contribution in [1.29, 1.82) is 0 Å². The average Bonchev–Trinajstić information content (AvgIpc) is 2.41. The fourth-order valence-electron chi connectivity index (χ4n) is 1.41. The van der Waals surface area contributed by atoms with Gasteiger partial charge in [0, 0.05) is 18.6 Å². The Hall–Kier alpha value is -1.02. The lowest BCUT2D eigenvalue weighted by Crippen LogP contribution is -2.34. The minimum absolute atomic E-state index is 0.0147. The van der Waals surface area contributed by atoms with E-state index in [9.17, 15) is 13.2 Å². The Morgan fingerprint density at radius 1 is 1.33 bits per heavy atom. The van der Waals surface area contributed by atoms with Crippen molar-refractivity contribution in [3.05, 3.63) is 27.7 Å². The number of anilines is 1. The van der Waals surface area contributed by atoms with Gasteiger partial charge in [-0.25, -0.2) is 0 Å². The molecular formula is C12H16Cl2N2O4S. The van der Waals surface area contributed by atoms with Gasteiger partial charge in [0.25, 0.3) is 0 Å². The van der Waals surface area contributed by atoms with E-state index in [0.29, 0.717) is 5.02 Å². The largest absolute Gasteiger partial charge is 0.469 e. The smallest absolute Gasteiger partial charge is 0.306 e. The Morgan fingerprint density at radius 2 is 1.95 bits per heavy atom. The number of halogens is 2. The molecule has 6 nitrogen and oxygen atoms in total. The minimum Gasteiger partial charge on any atom is -0.469 e. The van der Waals surface area contributed by atoms with Crippen LogP contribution in [0.3, 0.4) is 0 Å². The maximum atomic E-state index is 12.1. The molecule has 1 rings (SSSR count). The Morgan fingerprint density at radius 3 is 2.52 bits per heavy atom. The fourth-order valence-corrected chi connectivity index (χ4v) is 2.83. The first-order valence-corrected chi connectivity index (χ1v) is 8.13. The molecule has 1 N–H and O–H groups in total. The highest BCUT2D eigenvalue weighted by Crippen LogP contribution is 2.29. The number of benzene rings is 1. The molecule has 0 saturated heterocycles. The van der Waals surface area contributed by atoms with Crippen LogP contribution in [0.5, 0.6) is 0 Å². The van der Waals surface area contributed by atoms with E-state index in [1.165, 1.54) is 20.2 Å². The molecule has 0 spiro atoms. The van der Waals surface area contributed by atoms with Crippen molar-refractivity contribution < 1.29 is 17.9 Å². The number of hydrogen-bond donors (Lipinski definition) is 1. The molecule has 0 aliphatic carbocycles. The summed E-state index contributed by atoms with van der Waals surface area (Å²) in [4.78, 5) is 11.0. The van der Waals surface area contributed by atoms with Gasteiger partial charge in [0.05, 0.1) is 24.2 Å². The predicted octanol–water partition coefficient (Wildman–Crippen LogP) is 2.45. The second kappa shape index (κ2) is 7.31. The zero-order valence-corrected chi connectivity index (χ0v) is 14.1. The van der Waals surface area contributed by atoms with Crippen molar-refractivity contribution in [1.82, 2.24) is 4.31 Å². The Labute approximate surface area is 134 Å². The third-order valence-electron chi connectivity index (χ3n) is 2.76. The second-order valence-corrected chi connectivity index (χ2v) is 6.93. The zero-order chi connectivity index (χ0) is 16.2. The van der Waals surface area contributed by atoms with Gasteiger partial charge in [-0.1, -0.05) is 23.2 Å². The number of esters is 1. The van der Waals surface area contributed by atoms with Gasteiger partial charge in [-0.3, -0.25) is 9.52 Å². The molecule has 0 unspecified atom stereocenters. The molecule has 9 heteroatoms. The first-order valence-electron chi connectivity index (χ1n) is 5.94. The topological polar surface area (TPSA) is 75.7 Å². The lowest BCUT2D eigenvalue weighted by molar-refractivity contribution is -0.140. The summed E-state index contributed by atoms with van der Waals surface area (Å²) < 4.78 is 32.0. The van der Waals surface area contributed by atoms with E-state index in [4.69, 9.17) is 23.2 Å². The number of nitrogens with one attached hydrogen (secondary N) is 1. The summed E-state index contributed by atoms with van der Waals surface area (Å²) in [6.07, 6.45) is -0.0453. The molecule has 0 atom stereocenters. The van der Waals surface area contributed by atoms with Crippen molar-refractivity contribution in [3.8, 4) is 0 Å². The molecule has 1 aromatic carbocycles. The summed E-state index contributed by atoms with van der Waals surface area (Å²) in [5.74, 6) is -0.492. The monoisotopic (exact) mass is 354 g/mol. The fraction of sp³-hybridized carbons (Fsp3) is 0.417.